The highest BCUT2D eigenvalue weighted by atomic mass is 16.5. The van der Waals surface area contributed by atoms with E-state index in [0.717, 1.165) is 60.5 Å². The number of rotatable bonds is 7. The predicted octanol–water partition coefficient (Wildman–Crippen LogP) is 3.58. The summed E-state index contributed by atoms with van der Waals surface area (Å²) in [6.45, 7) is 8.29. The van der Waals surface area contributed by atoms with Crippen molar-refractivity contribution in [3.8, 4) is 17.3 Å². The van der Waals surface area contributed by atoms with Gasteiger partial charge in [0.2, 0.25) is 5.88 Å². The van der Waals surface area contributed by atoms with Crippen LogP contribution >= 0.6 is 0 Å². The van der Waals surface area contributed by atoms with Gasteiger partial charge in [-0.15, -0.1) is 0 Å². The van der Waals surface area contributed by atoms with Gasteiger partial charge in [0.25, 0.3) is 0 Å². The minimum atomic E-state index is -0.0611. The van der Waals surface area contributed by atoms with E-state index in [2.05, 4.69) is 50.8 Å². The number of pyridine rings is 1. The summed E-state index contributed by atoms with van der Waals surface area (Å²) in [5.41, 5.74) is 2.40. The normalized spacial score (nSPS) is 15.2. The van der Waals surface area contributed by atoms with Crippen LogP contribution in [0.3, 0.4) is 0 Å². The summed E-state index contributed by atoms with van der Waals surface area (Å²) in [5, 5.41) is 8.46. The van der Waals surface area contributed by atoms with E-state index in [1.807, 2.05) is 12.1 Å². The molecule has 1 fully saturated rings. The van der Waals surface area contributed by atoms with Crippen LogP contribution in [0.15, 0.2) is 24.7 Å². The maximum atomic E-state index is 6.00. The Morgan fingerprint density at radius 2 is 2.04 bits per heavy atom. The molecular weight excluding hydrogens is 328 g/mol. The van der Waals surface area contributed by atoms with Gasteiger partial charge in [0, 0.05) is 30.6 Å². The highest BCUT2D eigenvalue weighted by molar-refractivity contribution is 5.92. The monoisotopic (exact) mass is 352 g/mol. The molecule has 3 heterocycles. The summed E-state index contributed by atoms with van der Waals surface area (Å²) in [4.78, 5) is 15.5. The van der Waals surface area contributed by atoms with Gasteiger partial charge in [0.05, 0.1) is 17.4 Å². The standard InChI is InChI=1S/C19H24N6O/c1-4-8-25(5-2)16-10-14(21-12-22-16)18-13-9-17(26-19(3)6-7-19)20-11-15(13)23-24-18/h9-12H,4-8H2,1-3H3,(H,23,24). The van der Waals surface area contributed by atoms with E-state index in [-0.39, 0.29) is 5.60 Å². The fraction of sp³-hybridized carbons (Fsp3) is 0.474. The van der Waals surface area contributed by atoms with Gasteiger partial charge < -0.3 is 9.64 Å². The Morgan fingerprint density at radius 1 is 1.19 bits per heavy atom. The Kier molecular flexibility index (Phi) is 4.22. The van der Waals surface area contributed by atoms with Crippen LogP contribution in [0.2, 0.25) is 0 Å². The largest absolute Gasteiger partial charge is 0.471 e. The maximum Gasteiger partial charge on any atom is 0.214 e. The molecule has 0 unspecified atom stereocenters. The SMILES string of the molecule is CCCN(CC)c1cc(-c2n[nH]c3cnc(OC4(C)CC4)cc23)ncn1. The molecule has 0 spiro atoms. The molecule has 0 radical (unpaired) electrons. The smallest absolute Gasteiger partial charge is 0.214 e. The van der Waals surface area contributed by atoms with Gasteiger partial charge in [0.1, 0.15) is 23.4 Å². The molecule has 0 saturated heterocycles. The number of fused-ring (bicyclic) bond motifs is 1. The minimum absolute atomic E-state index is 0.0611. The molecule has 0 atom stereocenters. The lowest BCUT2D eigenvalue weighted by atomic mass is 10.2. The topological polar surface area (TPSA) is 79.8 Å². The number of hydrogen-bond donors (Lipinski definition) is 1. The molecule has 1 aliphatic rings. The summed E-state index contributed by atoms with van der Waals surface area (Å²) in [7, 11) is 0. The average Bonchev–Trinajstić information content (AvgIpc) is 3.22. The summed E-state index contributed by atoms with van der Waals surface area (Å²) in [6, 6.07) is 3.95. The third-order valence-corrected chi connectivity index (χ3v) is 4.82. The van der Waals surface area contributed by atoms with Crippen LogP contribution in [-0.2, 0) is 0 Å². The van der Waals surface area contributed by atoms with Crippen LogP contribution in [0.4, 0.5) is 5.82 Å². The number of aromatic amines is 1. The quantitative estimate of drug-likeness (QED) is 0.700. The number of aromatic nitrogens is 5. The molecule has 136 valence electrons. The van der Waals surface area contributed by atoms with Gasteiger partial charge in [-0.05, 0) is 33.1 Å². The fourth-order valence-corrected chi connectivity index (χ4v) is 3.03. The molecule has 0 aromatic carbocycles. The molecule has 1 saturated carbocycles. The molecular formula is C19H24N6O. The number of ether oxygens (including phenoxy) is 1. The summed E-state index contributed by atoms with van der Waals surface area (Å²) in [6.07, 6.45) is 6.59. The molecule has 1 aliphatic carbocycles. The van der Waals surface area contributed by atoms with Crippen LogP contribution in [0.1, 0.15) is 40.0 Å². The molecule has 4 rings (SSSR count). The molecule has 3 aromatic heterocycles. The van der Waals surface area contributed by atoms with Crippen LogP contribution in [-0.4, -0.2) is 43.8 Å². The van der Waals surface area contributed by atoms with Gasteiger partial charge in [-0.1, -0.05) is 6.92 Å². The number of nitrogens with zero attached hydrogens (tertiary/aromatic N) is 5. The lowest BCUT2D eigenvalue weighted by Gasteiger charge is -2.21. The predicted molar refractivity (Wildman–Crippen MR) is 101 cm³/mol. The Hall–Kier alpha value is -2.70. The lowest BCUT2D eigenvalue weighted by molar-refractivity contribution is 0.192. The fourth-order valence-electron chi connectivity index (χ4n) is 3.03. The molecule has 3 aromatic rings. The van der Waals surface area contributed by atoms with Crippen molar-refractivity contribution in [1.29, 1.82) is 0 Å². The van der Waals surface area contributed by atoms with Gasteiger partial charge in [-0.25, -0.2) is 15.0 Å². The van der Waals surface area contributed by atoms with Crippen LogP contribution < -0.4 is 9.64 Å². The first-order valence-corrected chi connectivity index (χ1v) is 9.22. The van der Waals surface area contributed by atoms with Crippen molar-refractivity contribution in [1.82, 2.24) is 25.1 Å². The maximum absolute atomic E-state index is 6.00. The van der Waals surface area contributed by atoms with Crippen molar-refractivity contribution in [2.75, 3.05) is 18.0 Å². The first-order chi connectivity index (χ1) is 12.6. The van der Waals surface area contributed by atoms with Crippen molar-refractivity contribution < 1.29 is 4.74 Å². The Morgan fingerprint density at radius 3 is 2.77 bits per heavy atom. The zero-order valence-corrected chi connectivity index (χ0v) is 15.5. The third-order valence-electron chi connectivity index (χ3n) is 4.82. The molecule has 0 bridgehead atoms. The molecule has 7 nitrogen and oxygen atoms in total. The van der Waals surface area contributed by atoms with Crippen LogP contribution in [0.25, 0.3) is 22.3 Å². The van der Waals surface area contributed by atoms with Crippen molar-refractivity contribution in [3.63, 3.8) is 0 Å². The van der Waals surface area contributed by atoms with Crippen molar-refractivity contribution in [2.24, 2.45) is 0 Å². The van der Waals surface area contributed by atoms with E-state index in [1.54, 1.807) is 12.5 Å². The van der Waals surface area contributed by atoms with Crippen LogP contribution in [0, 0.1) is 0 Å². The van der Waals surface area contributed by atoms with Crippen molar-refractivity contribution in [2.45, 2.75) is 45.6 Å². The summed E-state index contributed by atoms with van der Waals surface area (Å²) in [5.74, 6) is 1.56. The number of hydrogen-bond acceptors (Lipinski definition) is 6. The van der Waals surface area contributed by atoms with Gasteiger partial charge in [-0.2, -0.15) is 5.10 Å². The first-order valence-electron chi connectivity index (χ1n) is 9.22. The second-order valence-electron chi connectivity index (χ2n) is 7.03. The minimum Gasteiger partial charge on any atom is -0.471 e. The Labute approximate surface area is 152 Å². The number of anilines is 1. The first kappa shape index (κ1) is 16.8. The van der Waals surface area contributed by atoms with Gasteiger partial charge >= 0.3 is 0 Å². The lowest BCUT2D eigenvalue weighted by Crippen LogP contribution is -2.24. The third kappa shape index (κ3) is 3.21. The van der Waals surface area contributed by atoms with Crippen molar-refractivity contribution in [3.05, 3.63) is 24.7 Å². The average molecular weight is 352 g/mol. The molecule has 0 amide bonds. The zero-order chi connectivity index (χ0) is 18.1. The van der Waals surface area contributed by atoms with Crippen LogP contribution in [0.5, 0.6) is 5.88 Å². The van der Waals surface area contributed by atoms with E-state index < -0.39 is 0 Å². The van der Waals surface area contributed by atoms with Gasteiger partial charge in [-0.3, -0.25) is 5.10 Å². The second-order valence-corrected chi connectivity index (χ2v) is 7.03. The van der Waals surface area contributed by atoms with Crippen molar-refractivity contribution >= 4 is 16.7 Å². The summed E-state index contributed by atoms with van der Waals surface area (Å²) >= 11 is 0. The summed E-state index contributed by atoms with van der Waals surface area (Å²) < 4.78 is 6.00. The molecule has 1 N–H and O–H groups in total. The highest BCUT2D eigenvalue weighted by Gasteiger charge is 2.40. The van der Waals surface area contributed by atoms with Gasteiger partial charge in [0.15, 0.2) is 0 Å². The van der Waals surface area contributed by atoms with E-state index in [9.17, 15) is 0 Å². The zero-order valence-electron chi connectivity index (χ0n) is 15.5. The Bertz CT molecular complexity index is 917. The van der Waals surface area contributed by atoms with E-state index in [1.165, 1.54) is 0 Å². The van der Waals surface area contributed by atoms with E-state index >= 15 is 0 Å². The number of nitrogens with one attached hydrogen (secondary N) is 1. The van der Waals surface area contributed by atoms with E-state index in [4.69, 9.17) is 4.74 Å². The highest BCUT2D eigenvalue weighted by Crippen LogP contribution is 2.39. The molecule has 7 heteroatoms. The second kappa shape index (κ2) is 6.55. The number of H-pyrrole nitrogens is 1. The molecule has 26 heavy (non-hydrogen) atoms. The molecule has 0 aliphatic heterocycles. The van der Waals surface area contributed by atoms with E-state index in [0.29, 0.717) is 5.88 Å². The Balaban J connectivity index is 1.70.